The predicted octanol–water partition coefficient (Wildman–Crippen LogP) is 2.44. The fourth-order valence-corrected chi connectivity index (χ4v) is 5.83. The average molecular weight is 572 g/mol. The summed E-state index contributed by atoms with van der Waals surface area (Å²) < 4.78 is 14.8. The number of benzene rings is 2. The van der Waals surface area contributed by atoms with Gasteiger partial charge in [0.05, 0.1) is 34.1 Å². The van der Waals surface area contributed by atoms with Gasteiger partial charge in [0.15, 0.2) is 0 Å². The van der Waals surface area contributed by atoms with Crippen molar-refractivity contribution in [2.45, 2.75) is 25.6 Å². The van der Waals surface area contributed by atoms with E-state index in [2.05, 4.69) is 27.6 Å². The van der Waals surface area contributed by atoms with Gasteiger partial charge in [-0.1, -0.05) is 11.6 Å². The van der Waals surface area contributed by atoms with Crippen LogP contribution in [0.3, 0.4) is 0 Å². The number of likely N-dealkylation sites (N-methyl/N-ethyl adjacent to an activating group) is 1. The molecule has 1 saturated heterocycles. The Morgan fingerprint density at radius 2 is 1.75 bits per heavy atom. The van der Waals surface area contributed by atoms with Gasteiger partial charge in [-0.25, -0.2) is 14.6 Å². The summed E-state index contributed by atoms with van der Waals surface area (Å²) in [5, 5.41) is 14.1. The van der Waals surface area contributed by atoms with Gasteiger partial charge in [0.25, 0.3) is 11.8 Å². The third-order valence-corrected chi connectivity index (χ3v) is 8.05. The summed E-state index contributed by atoms with van der Waals surface area (Å²) >= 11 is 6.19. The molecule has 13 heteroatoms. The summed E-state index contributed by atoms with van der Waals surface area (Å²) in [4.78, 5) is 42.8. The van der Waals surface area contributed by atoms with E-state index in [4.69, 9.17) is 17.3 Å². The number of primary amides is 1. The maximum Gasteiger partial charge on any atom is 0.408 e. The van der Waals surface area contributed by atoms with Crippen molar-refractivity contribution in [3.8, 4) is 0 Å². The van der Waals surface area contributed by atoms with Crippen LogP contribution >= 0.6 is 11.6 Å². The van der Waals surface area contributed by atoms with E-state index in [1.54, 1.807) is 26.0 Å². The standard InChI is InChI=1S/C27H31ClFN7O4/c1-27(2)22-18(14-35(27)26(39)40)24(32-36(22)17-12-19(28)21(23(30)37)20(29)13-17)31-25(38)15-4-6-16(7-5-15)34-10-8-33(3)9-11-34/h4-7,12-13,24,32H,8-11,14H2,1-3H3,(H2,30,37)(H,31,38)(H,39,40). The topological polar surface area (TPSA) is 134 Å². The fraction of sp³-hybridized carbons (Fsp3) is 0.370. The van der Waals surface area contributed by atoms with Crippen LogP contribution in [0.15, 0.2) is 47.7 Å². The molecule has 0 saturated carbocycles. The molecule has 2 aromatic carbocycles. The van der Waals surface area contributed by atoms with Gasteiger partial charge in [-0.2, -0.15) is 0 Å². The van der Waals surface area contributed by atoms with Gasteiger partial charge >= 0.3 is 6.09 Å². The van der Waals surface area contributed by atoms with Gasteiger partial charge in [0.2, 0.25) is 0 Å². The second-order valence-corrected chi connectivity index (χ2v) is 11.1. The number of carbonyl (C=O) groups excluding carboxylic acids is 2. The van der Waals surface area contributed by atoms with E-state index in [-0.39, 0.29) is 23.2 Å². The second kappa shape index (κ2) is 10.3. The van der Waals surface area contributed by atoms with Crippen LogP contribution in [0, 0.1) is 5.82 Å². The molecule has 0 aromatic heterocycles. The number of piperazine rings is 1. The SMILES string of the molecule is CN1CCN(c2ccc(C(=O)NC3NN(c4cc(F)c(C(N)=O)c(Cl)c4)C4=C3CN(C(=O)O)C4(C)C)cc2)CC1. The van der Waals surface area contributed by atoms with Crippen molar-refractivity contribution < 1.29 is 23.9 Å². The predicted molar refractivity (Wildman–Crippen MR) is 149 cm³/mol. The molecule has 0 radical (unpaired) electrons. The summed E-state index contributed by atoms with van der Waals surface area (Å²) in [6.45, 7) is 7.19. The van der Waals surface area contributed by atoms with Crippen molar-refractivity contribution in [2.75, 3.05) is 49.7 Å². The van der Waals surface area contributed by atoms with E-state index in [1.807, 2.05) is 12.1 Å². The number of carbonyl (C=O) groups is 3. The maximum absolute atomic E-state index is 14.8. The van der Waals surface area contributed by atoms with E-state index >= 15 is 0 Å². The van der Waals surface area contributed by atoms with Crippen molar-refractivity contribution >= 4 is 40.9 Å². The highest BCUT2D eigenvalue weighted by Gasteiger charge is 2.51. The average Bonchev–Trinajstić information content (AvgIpc) is 3.39. The van der Waals surface area contributed by atoms with Crippen LogP contribution in [0.2, 0.25) is 5.02 Å². The van der Waals surface area contributed by atoms with E-state index in [9.17, 15) is 23.9 Å². The van der Waals surface area contributed by atoms with Crippen LogP contribution < -0.4 is 26.4 Å². The van der Waals surface area contributed by atoms with Crippen LogP contribution in [0.25, 0.3) is 0 Å². The van der Waals surface area contributed by atoms with Gasteiger partial charge in [0.1, 0.15) is 12.0 Å². The first-order valence-corrected chi connectivity index (χ1v) is 13.2. The zero-order valence-electron chi connectivity index (χ0n) is 22.4. The van der Waals surface area contributed by atoms with E-state index in [0.717, 1.165) is 37.9 Å². The minimum Gasteiger partial charge on any atom is -0.465 e. The molecule has 1 unspecified atom stereocenters. The Kier molecular flexibility index (Phi) is 7.11. The summed E-state index contributed by atoms with van der Waals surface area (Å²) in [6.07, 6.45) is -1.93. The van der Waals surface area contributed by atoms with E-state index in [1.165, 1.54) is 16.0 Å². The highest BCUT2D eigenvalue weighted by molar-refractivity contribution is 6.34. The third-order valence-electron chi connectivity index (χ3n) is 7.75. The fourth-order valence-electron chi connectivity index (χ4n) is 5.54. The summed E-state index contributed by atoms with van der Waals surface area (Å²) in [6, 6.07) is 9.79. The summed E-state index contributed by atoms with van der Waals surface area (Å²) in [5.41, 5.74) is 9.74. The molecule has 3 aliphatic rings. The van der Waals surface area contributed by atoms with Crippen molar-refractivity contribution in [3.05, 3.63) is 69.6 Å². The number of rotatable bonds is 5. The molecule has 1 atom stereocenters. The van der Waals surface area contributed by atoms with Crippen molar-refractivity contribution in [3.63, 3.8) is 0 Å². The normalized spacial score (nSPS) is 20.6. The number of anilines is 2. The highest BCUT2D eigenvalue weighted by Crippen LogP contribution is 2.43. The van der Waals surface area contributed by atoms with Crippen LogP contribution in [0.4, 0.5) is 20.6 Å². The lowest BCUT2D eigenvalue weighted by Gasteiger charge is -2.38. The van der Waals surface area contributed by atoms with Crippen LogP contribution in [-0.4, -0.2) is 84.3 Å². The summed E-state index contributed by atoms with van der Waals surface area (Å²) in [7, 11) is 2.09. The number of amides is 3. The molecule has 3 heterocycles. The molecular formula is C27H31ClFN7O4. The Labute approximate surface area is 235 Å². The molecule has 2 aromatic rings. The van der Waals surface area contributed by atoms with Crippen LogP contribution in [0.1, 0.15) is 34.6 Å². The highest BCUT2D eigenvalue weighted by atomic mass is 35.5. The Balaban J connectivity index is 1.42. The molecule has 5 N–H and O–H groups in total. The molecule has 212 valence electrons. The lowest BCUT2D eigenvalue weighted by molar-refractivity contribution is 0.0933. The smallest absolute Gasteiger partial charge is 0.408 e. The maximum atomic E-state index is 14.8. The Morgan fingerprint density at radius 1 is 1.10 bits per heavy atom. The minimum absolute atomic E-state index is 0.0179. The molecule has 0 bridgehead atoms. The number of halogens is 2. The van der Waals surface area contributed by atoms with E-state index in [0.29, 0.717) is 16.8 Å². The first-order chi connectivity index (χ1) is 18.9. The van der Waals surface area contributed by atoms with Gasteiger partial charge in [0, 0.05) is 43.0 Å². The minimum atomic E-state index is -1.14. The quantitative estimate of drug-likeness (QED) is 0.430. The van der Waals surface area contributed by atoms with Gasteiger partial charge < -0.3 is 26.0 Å². The van der Waals surface area contributed by atoms with Gasteiger partial charge in [-0.3, -0.25) is 19.5 Å². The third kappa shape index (κ3) is 4.82. The molecule has 3 aliphatic heterocycles. The molecule has 11 nitrogen and oxygen atoms in total. The molecule has 1 fully saturated rings. The molecule has 5 rings (SSSR count). The Morgan fingerprint density at radius 3 is 2.33 bits per heavy atom. The van der Waals surface area contributed by atoms with Crippen LogP contribution in [-0.2, 0) is 0 Å². The van der Waals surface area contributed by atoms with Gasteiger partial charge in [-0.15, -0.1) is 0 Å². The number of hydrazine groups is 1. The molecule has 0 spiro atoms. The zero-order valence-corrected chi connectivity index (χ0v) is 23.1. The van der Waals surface area contributed by atoms with Crippen LogP contribution in [0.5, 0.6) is 0 Å². The number of hydrogen-bond donors (Lipinski definition) is 4. The number of nitrogens with zero attached hydrogens (tertiary/aromatic N) is 4. The monoisotopic (exact) mass is 571 g/mol. The van der Waals surface area contributed by atoms with Crippen molar-refractivity contribution in [2.24, 2.45) is 5.73 Å². The number of nitrogens with two attached hydrogens (primary N) is 1. The number of hydrogen-bond acceptors (Lipinski definition) is 7. The van der Waals surface area contributed by atoms with Gasteiger partial charge in [-0.05, 0) is 57.3 Å². The number of nitrogens with one attached hydrogen (secondary N) is 2. The molecule has 40 heavy (non-hydrogen) atoms. The molecule has 0 aliphatic carbocycles. The zero-order chi connectivity index (χ0) is 28.9. The summed E-state index contributed by atoms with van der Waals surface area (Å²) in [5.74, 6) is -2.29. The lowest BCUT2D eigenvalue weighted by atomic mass is 9.99. The molecular weight excluding hydrogens is 541 g/mol. The Bertz CT molecular complexity index is 1380. The van der Waals surface area contributed by atoms with Crippen molar-refractivity contribution in [1.82, 2.24) is 20.5 Å². The largest absolute Gasteiger partial charge is 0.465 e. The lowest BCUT2D eigenvalue weighted by Crippen LogP contribution is -2.55. The number of carboxylic acid groups (broad SMARTS) is 1. The Hall–Kier alpha value is -3.87. The first-order valence-electron chi connectivity index (χ1n) is 12.8. The first kappa shape index (κ1) is 27.7. The molecule has 3 amide bonds. The second-order valence-electron chi connectivity index (χ2n) is 10.7. The van der Waals surface area contributed by atoms with Crippen molar-refractivity contribution in [1.29, 1.82) is 0 Å². The van der Waals surface area contributed by atoms with E-state index < -0.39 is 35.1 Å².